The molecule has 3 rings (SSSR count). The van der Waals surface area contributed by atoms with E-state index in [1.165, 1.54) is 11.8 Å². The molecule has 28 heavy (non-hydrogen) atoms. The lowest BCUT2D eigenvalue weighted by Crippen LogP contribution is -2.29. The Kier molecular flexibility index (Phi) is 6.54. The topological polar surface area (TPSA) is 68.3 Å². The van der Waals surface area contributed by atoms with Crippen LogP contribution in [0.3, 0.4) is 0 Å². The Bertz CT molecular complexity index is 940. The molecule has 0 amide bonds. The number of aromatic nitrogens is 1. The maximum absolute atomic E-state index is 12.7. The van der Waals surface area contributed by atoms with Gasteiger partial charge in [0.25, 0.3) is 0 Å². The van der Waals surface area contributed by atoms with Gasteiger partial charge >= 0.3 is 5.97 Å². The van der Waals surface area contributed by atoms with Gasteiger partial charge in [-0.1, -0.05) is 41.6 Å². The number of hydrogen-bond donors (Lipinski definition) is 1. The van der Waals surface area contributed by atoms with Crippen LogP contribution < -0.4 is 5.32 Å². The molecule has 1 N–H and O–H groups in total. The number of pyridine rings is 1. The van der Waals surface area contributed by atoms with E-state index < -0.39 is 11.9 Å². The molecule has 0 spiro atoms. The zero-order chi connectivity index (χ0) is 20.1. The summed E-state index contributed by atoms with van der Waals surface area (Å²) in [6.45, 7) is 3.80. The first kappa shape index (κ1) is 20.2. The molecule has 1 aromatic carbocycles. The van der Waals surface area contributed by atoms with Gasteiger partial charge in [-0.05, 0) is 43.7 Å². The summed E-state index contributed by atoms with van der Waals surface area (Å²) in [5.74, 6) is -1.00. The molecular formula is C21H19ClN2O3S. The van der Waals surface area contributed by atoms with Gasteiger partial charge in [-0.15, -0.1) is 0 Å². The van der Waals surface area contributed by atoms with E-state index in [0.29, 0.717) is 26.9 Å². The summed E-state index contributed by atoms with van der Waals surface area (Å²) in [7, 11) is 0. The van der Waals surface area contributed by atoms with Crippen molar-refractivity contribution in [3.05, 3.63) is 81.1 Å². The number of esters is 1. The highest BCUT2D eigenvalue weighted by Gasteiger charge is 2.35. The molecule has 1 aliphatic rings. The van der Waals surface area contributed by atoms with E-state index in [2.05, 4.69) is 10.3 Å². The van der Waals surface area contributed by atoms with Gasteiger partial charge < -0.3 is 10.1 Å². The van der Waals surface area contributed by atoms with E-state index in [-0.39, 0.29) is 6.61 Å². The lowest BCUT2D eigenvalue weighted by atomic mass is 9.82. The van der Waals surface area contributed by atoms with Gasteiger partial charge in [-0.2, -0.15) is 0 Å². The third kappa shape index (κ3) is 4.29. The molecule has 2 aromatic rings. The number of thioether (sulfide) groups is 1. The number of carbonyl (C=O) groups excluding carboxylic acids is 2. The number of carbonyl (C=O) groups is 2. The number of allylic oxidation sites excluding steroid dienone is 2. The predicted octanol–water partition coefficient (Wildman–Crippen LogP) is 4.46. The Morgan fingerprint density at radius 3 is 2.64 bits per heavy atom. The van der Waals surface area contributed by atoms with E-state index in [4.69, 9.17) is 16.3 Å². The highest BCUT2D eigenvalue weighted by atomic mass is 35.5. The van der Waals surface area contributed by atoms with Crippen LogP contribution in [0.25, 0.3) is 0 Å². The average molecular weight is 415 g/mol. The summed E-state index contributed by atoms with van der Waals surface area (Å²) in [5, 5.41) is 5.15. The quantitative estimate of drug-likeness (QED) is 0.556. The molecule has 1 aliphatic heterocycles. The van der Waals surface area contributed by atoms with Crippen LogP contribution in [0.2, 0.25) is 5.02 Å². The number of hydrogen-bond acceptors (Lipinski definition) is 6. The van der Waals surface area contributed by atoms with Gasteiger partial charge in [0.15, 0.2) is 0 Å². The molecule has 144 valence electrons. The fourth-order valence-electron chi connectivity index (χ4n) is 3.01. The summed E-state index contributed by atoms with van der Waals surface area (Å²) in [6, 6.07) is 12.7. The number of ether oxygens (including phenoxy) is 1. The van der Waals surface area contributed by atoms with E-state index in [9.17, 15) is 9.59 Å². The smallest absolute Gasteiger partial charge is 0.336 e. The second kappa shape index (κ2) is 9.08. The van der Waals surface area contributed by atoms with Crippen LogP contribution in [0, 0.1) is 0 Å². The van der Waals surface area contributed by atoms with Crippen molar-refractivity contribution in [1.29, 1.82) is 0 Å². The lowest BCUT2D eigenvalue weighted by Gasteiger charge is -2.30. The van der Waals surface area contributed by atoms with Crippen LogP contribution in [0.15, 0.2) is 75.6 Å². The third-order valence-electron chi connectivity index (χ3n) is 4.24. The minimum absolute atomic E-state index is 0.249. The highest BCUT2D eigenvalue weighted by Crippen LogP contribution is 2.41. The van der Waals surface area contributed by atoms with Gasteiger partial charge in [-0.25, -0.2) is 9.78 Å². The maximum Gasteiger partial charge on any atom is 0.336 e. The summed E-state index contributed by atoms with van der Waals surface area (Å²) in [4.78, 5) is 29.1. The second-order valence-corrected chi connectivity index (χ2v) is 7.51. The molecule has 1 atom stereocenters. The van der Waals surface area contributed by atoms with Crippen molar-refractivity contribution in [3.63, 3.8) is 0 Å². The Labute approximate surface area is 172 Å². The lowest BCUT2D eigenvalue weighted by molar-refractivity contribution is -0.138. The molecule has 1 aromatic heterocycles. The number of halogens is 1. The van der Waals surface area contributed by atoms with Gasteiger partial charge in [0, 0.05) is 28.4 Å². The molecule has 0 radical (unpaired) electrons. The number of nitrogens with zero attached hydrogens (tertiary/aromatic N) is 1. The fraction of sp³-hybridized carbons (Fsp3) is 0.190. The predicted molar refractivity (Wildman–Crippen MR) is 110 cm³/mol. The molecule has 5 nitrogen and oxygen atoms in total. The molecule has 0 unspecified atom stereocenters. The van der Waals surface area contributed by atoms with Crippen molar-refractivity contribution >= 4 is 35.6 Å². The van der Waals surface area contributed by atoms with Crippen LogP contribution in [0.4, 0.5) is 0 Å². The molecule has 0 fully saturated rings. The Morgan fingerprint density at radius 1 is 1.29 bits per heavy atom. The normalized spacial score (nSPS) is 16.6. The molecule has 0 saturated heterocycles. The molecule has 0 saturated carbocycles. The minimum Gasteiger partial charge on any atom is -0.463 e. The maximum atomic E-state index is 12.7. The Balaban J connectivity index is 2.11. The number of dihydropyridines is 1. The number of nitrogens with one attached hydrogen (secondary N) is 1. The first-order valence-electron chi connectivity index (χ1n) is 8.73. The van der Waals surface area contributed by atoms with Gasteiger partial charge in [0.2, 0.25) is 0 Å². The van der Waals surface area contributed by atoms with Crippen molar-refractivity contribution in [2.24, 2.45) is 0 Å². The minimum atomic E-state index is -0.554. The Morgan fingerprint density at radius 2 is 2.04 bits per heavy atom. The molecule has 7 heteroatoms. The van der Waals surface area contributed by atoms with E-state index >= 15 is 0 Å². The monoisotopic (exact) mass is 414 g/mol. The average Bonchev–Trinajstić information content (AvgIpc) is 2.69. The van der Waals surface area contributed by atoms with Crippen molar-refractivity contribution < 1.29 is 14.3 Å². The number of rotatable bonds is 6. The number of aldehydes is 1. The summed E-state index contributed by atoms with van der Waals surface area (Å²) in [5.41, 5.74) is 2.29. The standard InChI is InChI=1S/C21H19ClN2O3S/c1-3-27-21(26)18-13(2)24-20(28-17-6-4-5-11-23-17)16(12-25)19(18)14-7-9-15(22)10-8-14/h4-12,19,24H,3H2,1-2H3/t19-/m1/s1. The summed E-state index contributed by atoms with van der Waals surface area (Å²) < 4.78 is 5.25. The van der Waals surface area contributed by atoms with E-state index in [1.54, 1.807) is 32.2 Å². The molecule has 0 aliphatic carbocycles. The molecule has 0 bridgehead atoms. The van der Waals surface area contributed by atoms with Crippen molar-refractivity contribution in [1.82, 2.24) is 10.3 Å². The van der Waals surface area contributed by atoms with Gasteiger partial charge in [0.05, 0.1) is 17.2 Å². The summed E-state index contributed by atoms with van der Waals surface area (Å²) in [6.07, 6.45) is 2.47. The second-order valence-electron chi connectivity index (χ2n) is 6.04. The van der Waals surface area contributed by atoms with Crippen LogP contribution in [0.5, 0.6) is 0 Å². The molecular weight excluding hydrogens is 396 g/mol. The van der Waals surface area contributed by atoms with Crippen LogP contribution in [-0.2, 0) is 14.3 Å². The SMILES string of the molecule is CCOC(=O)C1=C(C)NC(Sc2ccccn2)=C(C=O)[C@H]1c1ccc(Cl)cc1. The largest absolute Gasteiger partial charge is 0.463 e. The Hall–Kier alpha value is -2.57. The first-order valence-corrected chi connectivity index (χ1v) is 9.93. The van der Waals surface area contributed by atoms with Gasteiger partial charge in [-0.3, -0.25) is 4.79 Å². The highest BCUT2D eigenvalue weighted by molar-refractivity contribution is 8.03. The van der Waals surface area contributed by atoms with Gasteiger partial charge in [0.1, 0.15) is 11.3 Å². The molecule has 2 heterocycles. The summed E-state index contributed by atoms with van der Waals surface area (Å²) >= 11 is 7.37. The van der Waals surface area contributed by atoms with E-state index in [1.807, 2.05) is 30.3 Å². The van der Waals surface area contributed by atoms with Crippen molar-refractivity contribution in [2.75, 3.05) is 6.61 Å². The third-order valence-corrected chi connectivity index (χ3v) is 5.48. The fourth-order valence-corrected chi connectivity index (χ4v) is 4.10. The van der Waals surface area contributed by atoms with E-state index in [0.717, 1.165) is 16.9 Å². The van der Waals surface area contributed by atoms with Crippen LogP contribution in [0.1, 0.15) is 25.3 Å². The zero-order valence-corrected chi connectivity index (χ0v) is 17.0. The van der Waals surface area contributed by atoms with Crippen LogP contribution >= 0.6 is 23.4 Å². The number of benzene rings is 1. The van der Waals surface area contributed by atoms with Crippen molar-refractivity contribution in [2.45, 2.75) is 24.8 Å². The van der Waals surface area contributed by atoms with Crippen LogP contribution in [-0.4, -0.2) is 23.8 Å². The van der Waals surface area contributed by atoms with Crippen molar-refractivity contribution in [3.8, 4) is 0 Å². The first-order chi connectivity index (χ1) is 13.5. The zero-order valence-electron chi connectivity index (χ0n) is 15.4.